The second-order valence-corrected chi connectivity index (χ2v) is 6.87. The summed E-state index contributed by atoms with van der Waals surface area (Å²) in [6.45, 7) is 2.58. The van der Waals surface area contributed by atoms with Crippen molar-refractivity contribution in [2.45, 2.75) is 32.4 Å². The molecule has 3 rings (SSSR count). The van der Waals surface area contributed by atoms with Crippen LogP contribution < -0.4 is 5.32 Å². The highest BCUT2D eigenvalue weighted by atomic mass is 16.5. The number of carbonyl (C=O) groups is 2. The molecule has 2 aromatic rings. The van der Waals surface area contributed by atoms with Crippen molar-refractivity contribution in [2.24, 2.45) is 0 Å². The highest BCUT2D eigenvalue weighted by Gasteiger charge is 2.18. The number of hydrogen-bond acceptors (Lipinski definition) is 3. The monoisotopic (exact) mass is 366 g/mol. The van der Waals surface area contributed by atoms with Crippen LogP contribution in [0.1, 0.15) is 51.1 Å². The summed E-state index contributed by atoms with van der Waals surface area (Å²) < 4.78 is 5.08. The lowest BCUT2D eigenvalue weighted by Gasteiger charge is -2.26. The van der Waals surface area contributed by atoms with Gasteiger partial charge in [-0.25, -0.2) is 0 Å². The molecule has 0 aromatic heterocycles. The Balaban J connectivity index is 1.59. The molecule has 5 heteroatoms. The first kappa shape index (κ1) is 19.1. The molecule has 2 amide bonds. The van der Waals surface area contributed by atoms with Crippen molar-refractivity contribution in [2.75, 3.05) is 20.2 Å². The van der Waals surface area contributed by atoms with Gasteiger partial charge >= 0.3 is 0 Å². The van der Waals surface area contributed by atoms with Crippen molar-refractivity contribution >= 4 is 11.8 Å². The number of piperidine rings is 1. The Bertz CT molecular complexity index is 780. The molecule has 1 aliphatic heterocycles. The van der Waals surface area contributed by atoms with E-state index >= 15 is 0 Å². The third-order valence-corrected chi connectivity index (χ3v) is 4.80. The molecule has 5 nitrogen and oxygen atoms in total. The molecule has 1 aliphatic rings. The normalized spacial score (nSPS) is 14.0. The van der Waals surface area contributed by atoms with Crippen LogP contribution >= 0.6 is 0 Å². The van der Waals surface area contributed by atoms with Gasteiger partial charge in [-0.3, -0.25) is 9.59 Å². The largest absolute Gasteiger partial charge is 0.380 e. The number of nitrogens with zero attached hydrogens (tertiary/aromatic N) is 1. The standard InChI is InChI=1S/C22H26N2O3/c1-27-16-17-8-10-19(11-9-17)21(25)23-15-18-6-5-7-20(14-18)22(26)24-12-3-2-4-13-24/h5-11,14H,2-4,12-13,15-16H2,1H3,(H,23,25). The summed E-state index contributed by atoms with van der Waals surface area (Å²) in [4.78, 5) is 26.9. The molecular formula is C22H26N2O3. The van der Waals surface area contributed by atoms with E-state index < -0.39 is 0 Å². The van der Waals surface area contributed by atoms with E-state index in [1.54, 1.807) is 19.2 Å². The van der Waals surface area contributed by atoms with Crippen LogP contribution in [0.4, 0.5) is 0 Å². The van der Waals surface area contributed by atoms with Gasteiger partial charge in [-0.15, -0.1) is 0 Å². The molecule has 0 radical (unpaired) electrons. The Kier molecular flexibility index (Phi) is 6.60. The zero-order valence-electron chi connectivity index (χ0n) is 15.7. The van der Waals surface area contributed by atoms with E-state index in [1.165, 1.54) is 6.42 Å². The third-order valence-electron chi connectivity index (χ3n) is 4.80. The number of rotatable bonds is 6. The molecule has 1 N–H and O–H groups in total. The van der Waals surface area contributed by atoms with E-state index in [-0.39, 0.29) is 11.8 Å². The van der Waals surface area contributed by atoms with Crippen LogP contribution in [0, 0.1) is 0 Å². The molecule has 0 atom stereocenters. The van der Waals surface area contributed by atoms with Crippen molar-refractivity contribution in [1.82, 2.24) is 10.2 Å². The molecule has 2 aromatic carbocycles. The van der Waals surface area contributed by atoms with Crippen LogP contribution in [0.2, 0.25) is 0 Å². The van der Waals surface area contributed by atoms with Gasteiger partial charge in [-0.05, 0) is 54.7 Å². The summed E-state index contributed by atoms with van der Waals surface area (Å²) in [5.74, 6) is -0.0525. The predicted molar refractivity (Wildman–Crippen MR) is 105 cm³/mol. The predicted octanol–water partition coefficient (Wildman–Crippen LogP) is 3.39. The fraction of sp³-hybridized carbons (Fsp3) is 0.364. The minimum Gasteiger partial charge on any atom is -0.380 e. The third kappa shape index (κ3) is 5.17. The fourth-order valence-corrected chi connectivity index (χ4v) is 3.30. The van der Waals surface area contributed by atoms with Crippen molar-refractivity contribution in [3.05, 3.63) is 70.8 Å². The van der Waals surface area contributed by atoms with Gasteiger partial charge in [0.15, 0.2) is 0 Å². The van der Waals surface area contributed by atoms with E-state index in [9.17, 15) is 9.59 Å². The van der Waals surface area contributed by atoms with Gasteiger partial charge < -0.3 is 15.0 Å². The molecular weight excluding hydrogens is 340 g/mol. The van der Waals surface area contributed by atoms with Gasteiger partial charge in [-0.1, -0.05) is 24.3 Å². The van der Waals surface area contributed by atoms with Gasteiger partial charge in [0.1, 0.15) is 0 Å². The van der Waals surface area contributed by atoms with Crippen LogP contribution in [-0.2, 0) is 17.9 Å². The Morgan fingerprint density at radius 3 is 2.41 bits per heavy atom. The maximum atomic E-state index is 12.6. The zero-order chi connectivity index (χ0) is 19.1. The number of methoxy groups -OCH3 is 1. The maximum Gasteiger partial charge on any atom is 0.253 e. The smallest absolute Gasteiger partial charge is 0.253 e. The zero-order valence-corrected chi connectivity index (χ0v) is 15.7. The van der Waals surface area contributed by atoms with Gasteiger partial charge in [0.25, 0.3) is 11.8 Å². The van der Waals surface area contributed by atoms with Gasteiger partial charge in [-0.2, -0.15) is 0 Å². The number of nitrogens with one attached hydrogen (secondary N) is 1. The molecule has 0 unspecified atom stereocenters. The Hall–Kier alpha value is -2.66. The van der Waals surface area contributed by atoms with E-state index in [0.29, 0.717) is 24.3 Å². The van der Waals surface area contributed by atoms with Gasteiger partial charge in [0, 0.05) is 37.9 Å². The lowest BCUT2D eigenvalue weighted by atomic mass is 10.1. The van der Waals surface area contributed by atoms with Gasteiger partial charge in [0.05, 0.1) is 6.61 Å². The molecule has 1 heterocycles. The number of amides is 2. The lowest BCUT2D eigenvalue weighted by molar-refractivity contribution is 0.0724. The molecule has 27 heavy (non-hydrogen) atoms. The number of likely N-dealkylation sites (tertiary alicyclic amines) is 1. The van der Waals surface area contributed by atoms with Crippen LogP contribution in [0.5, 0.6) is 0 Å². The summed E-state index contributed by atoms with van der Waals surface area (Å²) in [6.07, 6.45) is 3.34. The molecule has 0 spiro atoms. The van der Waals surface area contributed by atoms with E-state index in [2.05, 4.69) is 5.32 Å². The number of benzene rings is 2. The number of hydrogen-bond donors (Lipinski definition) is 1. The van der Waals surface area contributed by atoms with Crippen LogP contribution in [-0.4, -0.2) is 36.9 Å². The van der Waals surface area contributed by atoms with E-state index in [0.717, 1.165) is 37.1 Å². The number of ether oxygens (including phenoxy) is 1. The van der Waals surface area contributed by atoms with Gasteiger partial charge in [0.2, 0.25) is 0 Å². The van der Waals surface area contributed by atoms with Crippen LogP contribution in [0.25, 0.3) is 0 Å². The first-order chi connectivity index (χ1) is 13.2. The van der Waals surface area contributed by atoms with E-state index in [1.807, 2.05) is 41.3 Å². The second-order valence-electron chi connectivity index (χ2n) is 6.87. The summed E-state index contributed by atoms with van der Waals surface area (Å²) in [5.41, 5.74) is 3.24. The minimum atomic E-state index is -0.133. The first-order valence-corrected chi connectivity index (χ1v) is 9.41. The average Bonchev–Trinajstić information content (AvgIpc) is 2.73. The first-order valence-electron chi connectivity index (χ1n) is 9.41. The second kappa shape index (κ2) is 9.33. The molecule has 1 saturated heterocycles. The van der Waals surface area contributed by atoms with Crippen molar-refractivity contribution in [3.63, 3.8) is 0 Å². The van der Waals surface area contributed by atoms with Crippen LogP contribution in [0.3, 0.4) is 0 Å². The minimum absolute atomic E-state index is 0.0802. The summed E-state index contributed by atoms with van der Waals surface area (Å²) >= 11 is 0. The maximum absolute atomic E-state index is 12.6. The van der Waals surface area contributed by atoms with Crippen molar-refractivity contribution < 1.29 is 14.3 Å². The average molecular weight is 366 g/mol. The van der Waals surface area contributed by atoms with E-state index in [4.69, 9.17) is 4.74 Å². The molecule has 0 saturated carbocycles. The summed E-state index contributed by atoms with van der Waals surface area (Å²) in [7, 11) is 1.64. The molecule has 0 aliphatic carbocycles. The molecule has 1 fully saturated rings. The summed E-state index contributed by atoms with van der Waals surface area (Å²) in [5, 5.41) is 2.92. The number of carbonyl (C=O) groups excluding carboxylic acids is 2. The fourth-order valence-electron chi connectivity index (χ4n) is 3.30. The SMILES string of the molecule is COCc1ccc(C(=O)NCc2cccc(C(=O)N3CCCCC3)c2)cc1. The summed E-state index contributed by atoms with van der Waals surface area (Å²) in [6, 6.07) is 14.9. The lowest BCUT2D eigenvalue weighted by Crippen LogP contribution is -2.35. The van der Waals surface area contributed by atoms with Crippen molar-refractivity contribution in [1.29, 1.82) is 0 Å². The van der Waals surface area contributed by atoms with Crippen LogP contribution in [0.15, 0.2) is 48.5 Å². The Morgan fingerprint density at radius 1 is 0.963 bits per heavy atom. The topological polar surface area (TPSA) is 58.6 Å². The highest BCUT2D eigenvalue weighted by molar-refractivity contribution is 5.95. The quantitative estimate of drug-likeness (QED) is 0.853. The Morgan fingerprint density at radius 2 is 1.70 bits per heavy atom. The molecule has 0 bridgehead atoms. The van der Waals surface area contributed by atoms with Crippen molar-refractivity contribution in [3.8, 4) is 0 Å². The molecule has 142 valence electrons. The highest BCUT2D eigenvalue weighted by Crippen LogP contribution is 2.14. The Labute approximate surface area is 160 Å².